The summed E-state index contributed by atoms with van der Waals surface area (Å²) in [5.74, 6) is -0.214. The molecule has 94 valence electrons. The van der Waals surface area contributed by atoms with Gasteiger partial charge in [-0.25, -0.2) is 4.39 Å². The Labute approximate surface area is 101 Å². The Balaban J connectivity index is 2.67. The van der Waals surface area contributed by atoms with Crippen molar-refractivity contribution in [2.45, 2.75) is 33.4 Å². The van der Waals surface area contributed by atoms with Crippen LogP contribution in [0, 0.1) is 19.7 Å². The Bertz CT molecular complexity index is 395. The third kappa shape index (κ3) is 3.53. The fourth-order valence-electron chi connectivity index (χ4n) is 1.72. The quantitative estimate of drug-likeness (QED) is 0.837. The first-order valence-corrected chi connectivity index (χ1v) is 5.66. The number of aryl methyl sites for hydroxylation is 2. The average Bonchev–Trinajstić information content (AvgIpc) is 2.31. The lowest BCUT2D eigenvalue weighted by Gasteiger charge is -2.13. The summed E-state index contributed by atoms with van der Waals surface area (Å²) in [6, 6.07) is 3.34. The molecule has 3 nitrogen and oxygen atoms in total. The van der Waals surface area contributed by atoms with Crippen molar-refractivity contribution in [2.75, 3.05) is 7.05 Å². The number of likely N-dealkylation sites (N-methyl/N-ethyl adjacent to an activating group) is 1. The first-order valence-electron chi connectivity index (χ1n) is 5.66. The highest BCUT2D eigenvalue weighted by molar-refractivity contribution is 5.80. The first kappa shape index (κ1) is 13.6. The predicted molar refractivity (Wildman–Crippen MR) is 66.2 cm³/mol. The van der Waals surface area contributed by atoms with Crippen molar-refractivity contribution in [1.29, 1.82) is 0 Å². The molecule has 0 radical (unpaired) electrons. The Hall–Kier alpha value is -1.42. The van der Waals surface area contributed by atoms with E-state index in [2.05, 4.69) is 10.6 Å². The van der Waals surface area contributed by atoms with E-state index < -0.39 is 0 Å². The zero-order valence-corrected chi connectivity index (χ0v) is 10.7. The summed E-state index contributed by atoms with van der Waals surface area (Å²) >= 11 is 0. The maximum absolute atomic E-state index is 13.4. The fraction of sp³-hybridized carbons (Fsp3) is 0.462. The molecule has 0 fully saturated rings. The van der Waals surface area contributed by atoms with Crippen LogP contribution in [0.1, 0.15) is 23.6 Å². The number of halogens is 1. The van der Waals surface area contributed by atoms with Gasteiger partial charge in [-0.05, 0) is 37.5 Å². The predicted octanol–water partition coefficient (Wildman–Crippen LogP) is 1.67. The molecule has 0 aliphatic heterocycles. The molecule has 0 bridgehead atoms. The van der Waals surface area contributed by atoms with E-state index in [9.17, 15) is 9.18 Å². The van der Waals surface area contributed by atoms with E-state index in [-0.39, 0.29) is 17.8 Å². The summed E-state index contributed by atoms with van der Waals surface area (Å²) in [7, 11) is 1.60. The molecular formula is C13H19FN2O. The molecule has 4 heteroatoms. The number of amides is 1. The second kappa shape index (κ2) is 5.77. The molecule has 1 rings (SSSR count). The van der Waals surface area contributed by atoms with Gasteiger partial charge in [0.15, 0.2) is 0 Å². The molecule has 17 heavy (non-hydrogen) atoms. The van der Waals surface area contributed by atoms with Gasteiger partial charge >= 0.3 is 0 Å². The number of hydrogen-bond donors (Lipinski definition) is 2. The minimum absolute atomic E-state index is 0.0550. The van der Waals surface area contributed by atoms with Crippen LogP contribution < -0.4 is 10.6 Å². The van der Waals surface area contributed by atoms with Gasteiger partial charge in [0.1, 0.15) is 5.82 Å². The van der Waals surface area contributed by atoms with Gasteiger partial charge in [-0.2, -0.15) is 0 Å². The van der Waals surface area contributed by atoms with E-state index in [1.54, 1.807) is 40.0 Å². The van der Waals surface area contributed by atoms with Crippen LogP contribution in [0.5, 0.6) is 0 Å². The van der Waals surface area contributed by atoms with Gasteiger partial charge in [0.05, 0.1) is 6.04 Å². The SMILES string of the molecule is CNC(=O)C(C)NCc1cc(C)c(F)c(C)c1. The van der Waals surface area contributed by atoms with Crippen LogP contribution in [-0.2, 0) is 11.3 Å². The number of hydrogen-bond acceptors (Lipinski definition) is 2. The molecule has 2 N–H and O–H groups in total. The zero-order valence-electron chi connectivity index (χ0n) is 10.7. The summed E-state index contributed by atoms with van der Waals surface area (Å²) in [5, 5.41) is 5.66. The van der Waals surface area contributed by atoms with Gasteiger partial charge in [-0.15, -0.1) is 0 Å². The Morgan fingerprint density at radius 1 is 1.35 bits per heavy atom. The summed E-state index contributed by atoms with van der Waals surface area (Å²) < 4.78 is 13.4. The second-order valence-electron chi connectivity index (χ2n) is 4.26. The van der Waals surface area contributed by atoms with Gasteiger partial charge in [0.25, 0.3) is 0 Å². The molecule has 1 aromatic carbocycles. The van der Waals surface area contributed by atoms with E-state index in [4.69, 9.17) is 0 Å². The summed E-state index contributed by atoms with van der Waals surface area (Å²) in [4.78, 5) is 11.3. The third-order valence-electron chi connectivity index (χ3n) is 2.75. The van der Waals surface area contributed by atoms with Crippen LogP contribution in [0.15, 0.2) is 12.1 Å². The molecule has 0 aliphatic carbocycles. The molecule has 1 amide bonds. The average molecular weight is 238 g/mol. The van der Waals surface area contributed by atoms with E-state index in [0.29, 0.717) is 17.7 Å². The number of nitrogens with one attached hydrogen (secondary N) is 2. The summed E-state index contributed by atoms with van der Waals surface area (Å²) in [6.45, 7) is 5.83. The van der Waals surface area contributed by atoms with E-state index in [1.807, 2.05) is 0 Å². The summed E-state index contributed by atoms with van der Waals surface area (Å²) in [6.07, 6.45) is 0. The lowest BCUT2D eigenvalue weighted by Crippen LogP contribution is -2.40. The van der Waals surface area contributed by atoms with Gasteiger partial charge in [0, 0.05) is 13.6 Å². The monoisotopic (exact) mass is 238 g/mol. The van der Waals surface area contributed by atoms with E-state index >= 15 is 0 Å². The van der Waals surface area contributed by atoms with Crippen molar-refractivity contribution in [3.05, 3.63) is 34.6 Å². The van der Waals surface area contributed by atoms with Gasteiger partial charge in [0.2, 0.25) is 5.91 Å². The second-order valence-corrected chi connectivity index (χ2v) is 4.26. The molecule has 1 aromatic rings. The normalized spacial score (nSPS) is 12.3. The molecule has 0 spiro atoms. The van der Waals surface area contributed by atoms with Crippen molar-refractivity contribution in [3.63, 3.8) is 0 Å². The number of benzene rings is 1. The van der Waals surface area contributed by atoms with Crippen molar-refractivity contribution >= 4 is 5.91 Å². The molecule has 1 unspecified atom stereocenters. The summed E-state index contributed by atoms with van der Waals surface area (Å²) in [5.41, 5.74) is 2.25. The van der Waals surface area contributed by atoms with E-state index in [1.165, 1.54) is 0 Å². The van der Waals surface area contributed by atoms with Crippen molar-refractivity contribution in [3.8, 4) is 0 Å². The van der Waals surface area contributed by atoms with Crippen molar-refractivity contribution < 1.29 is 9.18 Å². The third-order valence-corrected chi connectivity index (χ3v) is 2.75. The minimum Gasteiger partial charge on any atom is -0.358 e. The molecule has 0 saturated carbocycles. The van der Waals surface area contributed by atoms with Crippen LogP contribution in [0.3, 0.4) is 0 Å². The number of rotatable bonds is 4. The highest BCUT2D eigenvalue weighted by Gasteiger charge is 2.10. The lowest BCUT2D eigenvalue weighted by molar-refractivity contribution is -0.122. The van der Waals surface area contributed by atoms with Crippen molar-refractivity contribution in [1.82, 2.24) is 10.6 Å². The van der Waals surface area contributed by atoms with Crippen molar-refractivity contribution in [2.24, 2.45) is 0 Å². The van der Waals surface area contributed by atoms with Crippen LogP contribution in [-0.4, -0.2) is 19.0 Å². The van der Waals surface area contributed by atoms with Crippen LogP contribution in [0.2, 0.25) is 0 Å². The van der Waals surface area contributed by atoms with Gasteiger partial charge < -0.3 is 10.6 Å². The highest BCUT2D eigenvalue weighted by Crippen LogP contribution is 2.14. The lowest BCUT2D eigenvalue weighted by atomic mass is 10.1. The molecule has 0 saturated heterocycles. The smallest absolute Gasteiger partial charge is 0.236 e. The molecule has 1 atom stereocenters. The topological polar surface area (TPSA) is 41.1 Å². The standard InChI is InChI=1S/C13H19FN2O/c1-8-5-11(6-9(2)12(8)14)7-16-10(3)13(17)15-4/h5-6,10,16H,7H2,1-4H3,(H,15,17). The molecular weight excluding hydrogens is 219 g/mol. The minimum atomic E-state index is -0.259. The van der Waals surface area contributed by atoms with Crippen LogP contribution >= 0.6 is 0 Å². The maximum Gasteiger partial charge on any atom is 0.236 e. The first-order chi connectivity index (χ1) is 7.95. The Kier molecular flexibility index (Phi) is 4.63. The van der Waals surface area contributed by atoms with Gasteiger partial charge in [-0.1, -0.05) is 12.1 Å². The maximum atomic E-state index is 13.4. The zero-order chi connectivity index (χ0) is 13.0. The number of carbonyl (C=O) groups excluding carboxylic acids is 1. The highest BCUT2D eigenvalue weighted by atomic mass is 19.1. The fourth-order valence-corrected chi connectivity index (χ4v) is 1.72. The van der Waals surface area contributed by atoms with Crippen LogP contribution in [0.4, 0.5) is 4.39 Å². The number of carbonyl (C=O) groups is 1. The molecule has 0 heterocycles. The van der Waals surface area contributed by atoms with E-state index in [0.717, 1.165) is 5.56 Å². The molecule has 0 aromatic heterocycles. The Morgan fingerprint density at radius 2 is 1.88 bits per heavy atom. The molecule has 0 aliphatic rings. The Morgan fingerprint density at radius 3 is 2.35 bits per heavy atom. The van der Waals surface area contributed by atoms with Crippen LogP contribution in [0.25, 0.3) is 0 Å². The largest absolute Gasteiger partial charge is 0.358 e. The van der Waals surface area contributed by atoms with Gasteiger partial charge in [-0.3, -0.25) is 4.79 Å².